The molecule has 0 saturated heterocycles. The number of carbonyl (C=O) groups is 1. The molecule has 0 bridgehead atoms. The highest BCUT2D eigenvalue weighted by Crippen LogP contribution is 2.10. The van der Waals surface area contributed by atoms with Crippen LogP contribution in [-0.2, 0) is 4.74 Å². The summed E-state index contributed by atoms with van der Waals surface area (Å²) in [6.45, 7) is 8.02. The summed E-state index contributed by atoms with van der Waals surface area (Å²) >= 11 is 0. The smallest absolute Gasteiger partial charge is 0.410 e. The first-order chi connectivity index (χ1) is 7.06. The van der Waals surface area contributed by atoms with Crippen LogP contribution in [0.5, 0.6) is 0 Å². The lowest BCUT2D eigenvalue weighted by Crippen LogP contribution is -2.42. The van der Waals surface area contributed by atoms with Crippen LogP contribution in [0, 0.1) is 0 Å². The Kier molecular flexibility index (Phi) is 7.13. The van der Waals surface area contributed by atoms with Gasteiger partial charge in [0.05, 0.1) is 12.7 Å². The third-order valence-electron chi connectivity index (χ3n) is 2.30. The van der Waals surface area contributed by atoms with E-state index in [0.717, 1.165) is 12.8 Å². The summed E-state index contributed by atoms with van der Waals surface area (Å²) in [6.07, 6.45) is 1.31. The molecule has 0 radical (unpaired) electrons. The second-order valence-electron chi connectivity index (χ2n) is 3.82. The molecular weight excluding hydrogens is 194 g/mol. The van der Waals surface area contributed by atoms with E-state index in [0.29, 0.717) is 6.54 Å². The third kappa shape index (κ3) is 5.02. The van der Waals surface area contributed by atoms with Crippen molar-refractivity contribution in [2.45, 2.75) is 52.7 Å². The van der Waals surface area contributed by atoms with E-state index in [1.165, 1.54) is 0 Å². The molecule has 0 spiro atoms. The summed E-state index contributed by atoms with van der Waals surface area (Å²) < 4.78 is 5.13. The van der Waals surface area contributed by atoms with Gasteiger partial charge in [-0.05, 0) is 26.7 Å². The summed E-state index contributed by atoms with van der Waals surface area (Å²) in [5.41, 5.74) is 0. The predicted octanol–water partition coefficient (Wildman–Crippen LogP) is 2.01. The fraction of sp³-hybridized carbons (Fsp3) is 0.909. The lowest BCUT2D eigenvalue weighted by atomic mass is 10.1. The zero-order valence-corrected chi connectivity index (χ0v) is 10.2. The third-order valence-corrected chi connectivity index (χ3v) is 2.30. The molecule has 15 heavy (non-hydrogen) atoms. The summed E-state index contributed by atoms with van der Waals surface area (Å²) in [5, 5.41) is 8.91. The minimum absolute atomic E-state index is 0.0241. The van der Waals surface area contributed by atoms with E-state index in [-0.39, 0.29) is 24.8 Å². The number of aliphatic hydroxyl groups excluding tert-OH is 1. The Morgan fingerprint density at radius 3 is 2.20 bits per heavy atom. The molecule has 0 unspecified atom stereocenters. The fourth-order valence-electron chi connectivity index (χ4n) is 1.53. The molecule has 0 fully saturated rings. The zero-order chi connectivity index (χ0) is 11.8. The van der Waals surface area contributed by atoms with Crippen LogP contribution in [0.4, 0.5) is 4.79 Å². The lowest BCUT2D eigenvalue weighted by Gasteiger charge is -2.29. The molecule has 0 aliphatic carbocycles. The van der Waals surface area contributed by atoms with Crippen LogP contribution in [0.15, 0.2) is 0 Å². The first-order valence-electron chi connectivity index (χ1n) is 5.64. The van der Waals surface area contributed by atoms with Crippen molar-refractivity contribution in [1.82, 2.24) is 4.90 Å². The number of hydrogen-bond donors (Lipinski definition) is 1. The molecule has 0 aromatic rings. The van der Waals surface area contributed by atoms with Crippen molar-refractivity contribution in [3.63, 3.8) is 0 Å². The van der Waals surface area contributed by atoms with Crippen molar-refractivity contribution >= 4 is 6.09 Å². The van der Waals surface area contributed by atoms with Gasteiger partial charge in [0, 0.05) is 12.6 Å². The molecule has 0 heterocycles. The van der Waals surface area contributed by atoms with Gasteiger partial charge in [-0.15, -0.1) is 0 Å². The Balaban J connectivity index is 4.41. The van der Waals surface area contributed by atoms with Gasteiger partial charge in [-0.2, -0.15) is 0 Å². The van der Waals surface area contributed by atoms with Gasteiger partial charge < -0.3 is 14.7 Å². The van der Waals surface area contributed by atoms with Gasteiger partial charge in [-0.1, -0.05) is 13.8 Å². The van der Waals surface area contributed by atoms with Crippen LogP contribution >= 0.6 is 0 Å². The standard InChI is InChI=1S/C11H23NO3/c1-5-10(6-2)12(7-8-13)11(14)15-9(3)4/h9-10,13H,5-8H2,1-4H3. The SMILES string of the molecule is CCC(CC)N(CCO)C(=O)OC(C)C. The summed E-state index contributed by atoms with van der Waals surface area (Å²) in [4.78, 5) is 13.3. The summed E-state index contributed by atoms with van der Waals surface area (Å²) in [6, 6.07) is 0.156. The van der Waals surface area contributed by atoms with Crippen LogP contribution in [0.2, 0.25) is 0 Å². The number of carbonyl (C=O) groups excluding carboxylic acids is 1. The Bertz CT molecular complexity index is 179. The van der Waals surface area contributed by atoms with Crippen LogP contribution < -0.4 is 0 Å². The minimum Gasteiger partial charge on any atom is -0.447 e. The summed E-state index contributed by atoms with van der Waals surface area (Å²) in [7, 11) is 0. The molecule has 0 aromatic heterocycles. The largest absolute Gasteiger partial charge is 0.447 e. The Hall–Kier alpha value is -0.770. The molecular formula is C11H23NO3. The number of rotatable bonds is 6. The van der Waals surface area contributed by atoms with Crippen LogP contribution in [-0.4, -0.2) is 41.4 Å². The number of hydrogen-bond acceptors (Lipinski definition) is 3. The molecule has 90 valence electrons. The minimum atomic E-state index is -0.326. The van der Waals surface area contributed by atoms with Crippen molar-refractivity contribution in [2.24, 2.45) is 0 Å². The first kappa shape index (κ1) is 14.2. The number of nitrogens with zero attached hydrogens (tertiary/aromatic N) is 1. The molecule has 0 saturated carbocycles. The van der Waals surface area contributed by atoms with Crippen molar-refractivity contribution in [3.05, 3.63) is 0 Å². The highest BCUT2D eigenvalue weighted by atomic mass is 16.6. The van der Waals surface area contributed by atoms with Crippen LogP contribution in [0.1, 0.15) is 40.5 Å². The van der Waals surface area contributed by atoms with Gasteiger partial charge in [-0.3, -0.25) is 0 Å². The summed E-state index contributed by atoms with van der Waals surface area (Å²) in [5.74, 6) is 0. The Morgan fingerprint density at radius 1 is 1.33 bits per heavy atom. The van der Waals surface area contributed by atoms with Crippen molar-refractivity contribution in [3.8, 4) is 0 Å². The molecule has 4 nitrogen and oxygen atoms in total. The monoisotopic (exact) mass is 217 g/mol. The maximum absolute atomic E-state index is 11.7. The van der Waals surface area contributed by atoms with Gasteiger partial charge in [0.1, 0.15) is 0 Å². The lowest BCUT2D eigenvalue weighted by molar-refractivity contribution is 0.0545. The van der Waals surface area contributed by atoms with Crippen molar-refractivity contribution in [1.29, 1.82) is 0 Å². The van der Waals surface area contributed by atoms with Gasteiger partial charge in [0.2, 0.25) is 0 Å². The second-order valence-corrected chi connectivity index (χ2v) is 3.82. The maximum atomic E-state index is 11.7. The average Bonchev–Trinajstić information content (AvgIpc) is 2.17. The van der Waals surface area contributed by atoms with Gasteiger partial charge in [0.15, 0.2) is 0 Å². The van der Waals surface area contributed by atoms with E-state index in [2.05, 4.69) is 0 Å². The topological polar surface area (TPSA) is 49.8 Å². The average molecular weight is 217 g/mol. The van der Waals surface area contributed by atoms with Crippen molar-refractivity contribution < 1.29 is 14.6 Å². The van der Waals surface area contributed by atoms with E-state index in [9.17, 15) is 4.79 Å². The van der Waals surface area contributed by atoms with Gasteiger partial charge in [0.25, 0.3) is 0 Å². The zero-order valence-electron chi connectivity index (χ0n) is 10.2. The molecule has 1 amide bonds. The molecule has 0 aliphatic rings. The van der Waals surface area contributed by atoms with E-state index < -0.39 is 0 Å². The highest BCUT2D eigenvalue weighted by molar-refractivity contribution is 5.68. The van der Waals surface area contributed by atoms with E-state index >= 15 is 0 Å². The molecule has 0 aliphatic heterocycles. The number of amides is 1. The van der Waals surface area contributed by atoms with E-state index in [4.69, 9.17) is 9.84 Å². The van der Waals surface area contributed by atoms with Gasteiger partial charge >= 0.3 is 6.09 Å². The quantitative estimate of drug-likeness (QED) is 0.740. The van der Waals surface area contributed by atoms with Gasteiger partial charge in [-0.25, -0.2) is 4.79 Å². The second kappa shape index (κ2) is 7.51. The van der Waals surface area contributed by atoms with E-state index in [1.54, 1.807) is 4.90 Å². The maximum Gasteiger partial charge on any atom is 0.410 e. The molecule has 4 heteroatoms. The van der Waals surface area contributed by atoms with Crippen LogP contribution in [0.25, 0.3) is 0 Å². The van der Waals surface area contributed by atoms with Crippen LogP contribution in [0.3, 0.4) is 0 Å². The fourth-order valence-corrected chi connectivity index (χ4v) is 1.53. The Labute approximate surface area is 92.2 Å². The number of aliphatic hydroxyl groups is 1. The predicted molar refractivity (Wildman–Crippen MR) is 59.8 cm³/mol. The molecule has 0 aromatic carbocycles. The Morgan fingerprint density at radius 2 is 1.87 bits per heavy atom. The first-order valence-corrected chi connectivity index (χ1v) is 5.64. The molecule has 1 N–H and O–H groups in total. The van der Waals surface area contributed by atoms with E-state index in [1.807, 2.05) is 27.7 Å². The molecule has 0 atom stereocenters. The van der Waals surface area contributed by atoms with Crippen molar-refractivity contribution in [2.75, 3.05) is 13.2 Å². The normalized spacial score (nSPS) is 10.9. The number of ether oxygens (including phenoxy) is 1. The molecule has 0 rings (SSSR count). The highest BCUT2D eigenvalue weighted by Gasteiger charge is 2.22.